The fourth-order valence-corrected chi connectivity index (χ4v) is 1.83. The van der Waals surface area contributed by atoms with Gasteiger partial charge in [-0.1, -0.05) is 12.1 Å². The van der Waals surface area contributed by atoms with Crippen LogP contribution in [0.5, 0.6) is 0 Å². The molecule has 0 amide bonds. The lowest BCUT2D eigenvalue weighted by atomic mass is 10.1. The highest BCUT2D eigenvalue weighted by Gasteiger charge is 2.42. The topological polar surface area (TPSA) is 0 Å². The summed E-state index contributed by atoms with van der Waals surface area (Å²) in [6.45, 7) is 0. The Hall–Kier alpha value is -2.40. The van der Waals surface area contributed by atoms with Crippen LogP contribution in [0.2, 0.25) is 0 Å². The normalized spacial score (nSPS) is 13.0. The fourth-order valence-electron chi connectivity index (χ4n) is 1.83. The Morgan fingerprint density at radius 2 is 0.607 bits per heavy atom. The van der Waals surface area contributed by atoms with E-state index in [9.17, 15) is 52.7 Å². The minimum atomic E-state index is -4.98. The van der Waals surface area contributed by atoms with Crippen molar-refractivity contribution < 1.29 is 52.7 Å². The number of alkyl halides is 12. The number of hydrogen-bond donors (Lipinski definition) is 0. The lowest BCUT2D eigenvalue weighted by Gasteiger charge is -2.14. The Morgan fingerprint density at radius 1 is 0.357 bits per heavy atom. The van der Waals surface area contributed by atoms with E-state index in [4.69, 9.17) is 0 Å². The van der Waals surface area contributed by atoms with Gasteiger partial charge in [-0.25, -0.2) is 0 Å². The molecule has 0 fully saturated rings. The predicted molar refractivity (Wildman–Crippen MR) is 72.9 cm³/mol. The van der Waals surface area contributed by atoms with Gasteiger partial charge >= 0.3 is 24.7 Å². The van der Waals surface area contributed by atoms with Gasteiger partial charge in [0.05, 0.1) is 22.3 Å². The highest BCUT2D eigenvalue weighted by Crippen LogP contribution is 2.39. The molecule has 0 aromatic heterocycles. The van der Waals surface area contributed by atoms with E-state index in [0.29, 0.717) is 36.4 Å². The molecular weight excluding hydrogens is 420 g/mol. The van der Waals surface area contributed by atoms with Gasteiger partial charge in [0.2, 0.25) is 0 Å². The lowest BCUT2D eigenvalue weighted by Crippen LogP contribution is -2.15. The Morgan fingerprint density at radius 3 is 0.786 bits per heavy atom. The van der Waals surface area contributed by atoms with Crippen molar-refractivity contribution in [3.8, 4) is 0 Å². The van der Waals surface area contributed by atoms with Gasteiger partial charge in [0.1, 0.15) is 0 Å². The molecule has 0 aliphatic rings. The van der Waals surface area contributed by atoms with Crippen LogP contribution < -0.4 is 0 Å². The average Bonchev–Trinajstić information content (AvgIpc) is 2.52. The second kappa shape index (κ2) is 7.92. The maximum Gasteiger partial charge on any atom is 0.417 e. The molecule has 0 spiro atoms. The van der Waals surface area contributed by atoms with Crippen LogP contribution in [0, 0.1) is 0 Å². The zero-order valence-electron chi connectivity index (χ0n) is 13.2. The third-order valence-corrected chi connectivity index (χ3v) is 3.08. The van der Waals surface area contributed by atoms with Crippen LogP contribution in [-0.4, -0.2) is 0 Å². The molecule has 0 saturated carbocycles. The van der Waals surface area contributed by atoms with E-state index in [0.717, 1.165) is 12.1 Å². The minimum absolute atomic E-state index is 0.406. The average molecular weight is 428 g/mol. The van der Waals surface area contributed by atoms with Crippen LogP contribution in [0.1, 0.15) is 22.3 Å². The number of halogens is 12. The van der Waals surface area contributed by atoms with Gasteiger partial charge in [-0.05, 0) is 36.4 Å². The summed E-state index contributed by atoms with van der Waals surface area (Å²) in [4.78, 5) is 0. The summed E-state index contributed by atoms with van der Waals surface area (Å²) in [7, 11) is 0. The molecule has 0 aliphatic heterocycles. The summed E-state index contributed by atoms with van der Waals surface area (Å²) in [6.07, 6.45) is -19.2. The fraction of sp³-hybridized carbons (Fsp3) is 0.250. The quantitative estimate of drug-likeness (QED) is 0.383. The van der Waals surface area contributed by atoms with Gasteiger partial charge in [0.15, 0.2) is 0 Å². The van der Waals surface area contributed by atoms with Crippen molar-refractivity contribution in [2.45, 2.75) is 24.7 Å². The van der Waals surface area contributed by atoms with Gasteiger partial charge in [-0.2, -0.15) is 52.7 Å². The minimum Gasteiger partial charge on any atom is -0.166 e. The first kappa shape index (κ1) is 23.6. The zero-order valence-corrected chi connectivity index (χ0v) is 13.2. The SMILES string of the molecule is FC(F)(F)c1ccc(C(F)(F)F)cc1.FC(F)(F)c1ccccc1C(F)(F)F. The molecule has 156 valence electrons. The van der Waals surface area contributed by atoms with E-state index in [1.54, 1.807) is 0 Å². The Balaban J connectivity index is 0.000000280. The van der Waals surface area contributed by atoms with Crippen LogP contribution in [0.3, 0.4) is 0 Å². The summed E-state index contributed by atoms with van der Waals surface area (Å²) in [5.41, 5.74) is -5.50. The van der Waals surface area contributed by atoms with Crippen molar-refractivity contribution >= 4 is 0 Å². The summed E-state index contributed by atoms with van der Waals surface area (Å²) < 4.78 is 144. The number of hydrogen-bond acceptors (Lipinski definition) is 0. The highest BCUT2D eigenvalue weighted by atomic mass is 19.4. The Labute approximate surface area is 149 Å². The molecule has 2 aromatic carbocycles. The first-order chi connectivity index (χ1) is 12.4. The van der Waals surface area contributed by atoms with Gasteiger partial charge in [-0.3, -0.25) is 0 Å². The maximum atomic E-state index is 12.1. The smallest absolute Gasteiger partial charge is 0.166 e. The van der Waals surface area contributed by atoms with Crippen molar-refractivity contribution in [2.24, 2.45) is 0 Å². The van der Waals surface area contributed by atoms with Crippen molar-refractivity contribution in [1.82, 2.24) is 0 Å². The molecule has 0 N–H and O–H groups in total. The van der Waals surface area contributed by atoms with E-state index in [-0.39, 0.29) is 0 Å². The number of rotatable bonds is 0. The molecular formula is C16H8F12. The molecule has 0 bridgehead atoms. The zero-order chi connectivity index (χ0) is 22.0. The largest absolute Gasteiger partial charge is 0.417 e. The first-order valence-electron chi connectivity index (χ1n) is 6.92. The van der Waals surface area contributed by atoms with Crippen LogP contribution in [0.15, 0.2) is 48.5 Å². The standard InChI is InChI=1S/2C8H4F6/c9-7(10,11)5-1-2-6(4-3-5)8(12,13)14;9-7(10,11)5-3-1-2-4-6(5)8(12,13)14/h2*1-4H. The molecule has 28 heavy (non-hydrogen) atoms. The van der Waals surface area contributed by atoms with E-state index in [2.05, 4.69) is 0 Å². The van der Waals surface area contributed by atoms with Gasteiger partial charge in [0.25, 0.3) is 0 Å². The van der Waals surface area contributed by atoms with Crippen molar-refractivity contribution in [1.29, 1.82) is 0 Å². The van der Waals surface area contributed by atoms with Crippen molar-refractivity contribution in [3.63, 3.8) is 0 Å². The summed E-state index contributed by atoms with van der Waals surface area (Å²) in [5, 5.41) is 0. The molecule has 0 heterocycles. The Kier molecular flexibility index (Phi) is 6.68. The van der Waals surface area contributed by atoms with Gasteiger partial charge in [0, 0.05) is 0 Å². The number of benzene rings is 2. The predicted octanol–water partition coefficient (Wildman–Crippen LogP) is 7.45. The molecule has 2 aromatic rings. The van der Waals surface area contributed by atoms with Crippen LogP contribution in [0.25, 0.3) is 0 Å². The molecule has 0 atom stereocenters. The van der Waals surface area contributed by atoms with Crippen molar-refractivity contribution in [3.05, 3.63) is 70.8 Å². The summed E-state index contributed by atoms with van der Waals surface area (Å²) in [6, 6.07) is 4.26. The third kappa shape index (κ3) is 6.64. The van der Waals surface area contributed by atoms with Crippen LogP contribution >= 0.6 is 0 Å². The van der Waals surface area contributed by atoms with Gasteiger partial charge < -0.3 is 0 Å². The summed E-state index contributed by atoms with van der Waals surface area (Å²) in [5.74, 6) is 0. The molecule has 0 radical (unpaired) electrons. The second-order valence-corrected chi connectivity index (χ2v) is 5.11. The Bertz CT molecular complexity index is 694. The van der Waals surface area contributed by atoms with Crippen LogP contribution in [-0.2, 0) is 24.7 Å². The van der Waals surface area contributed by atoms with E-state index < -0.39 is 47.0 Å². The maximum absolute atomic E-state index is 12.1. The van der Waals surface area contributed by atoms with Crippen LogP contribution in [0.4, 0.5) is 52.7 Å². The van der Waals surface area contributed by atoms with Gasteiger partial charge in [-0.15, -0.1) is 0 Å². The first-order valence-corrected chi connectivity index (χ1v) is 6.92. The molecule has 2 rings (SSSR count). The highest BCUT2D eigenvalue weighted by molar-refractivity contribution is 5.31. The van der Waals surface area contributed by atoms with E-state index >= 15 is 0 Å². The third-order valence-electron chi connectivity index (χ3n) is 3.08. The lowest BCUT2D eigenvalue weighted by molar-refractivity contribution is -0.162. The molecule has 0 aliphatic carbocycles. The molecule has 0 saturated heterocycles. The van der Waals surface area contributed by atoms with Crippen molar-refractivity contribution in [2.75, 3.05) is 0 Å². The molecule has 0 nitrogen and oxygen atoms in total. The van der Waals surface area contributed by atoms with E-state index in [1.165, 1.54) is 0 Å². The monoisotopic (exact) mass is 428 g/mol. The van der Waals surface area contributed by atoms with E-state index in [1.807, 2.05) is 0 Å². The molecule has 12 heteroatoms. The summed E-state index contributed by atoms with van der Waals surface area (Å²) >= 11 is 0. The second-order valence-electron chi connectivity index (χ2n) is 5.11. The molecule has 0 unspecified atom stereocenters.